The van der Waals surface area contributed by atoms with Gasteiger partial charge in [-0.15, -0.1) is 0 Å². The predicted octanol–water partition coefficient (Wildman–Crippen LogP) is 3.17. The van der Waals surface area contributed by atoms with Crippen LogP contribution in [0.2, 0.25) is 0 Å². The second-order valence-electron chi connectivity index (χ2n) is 6.44. The highest BCUT2D eigenvalue weighted by Gasteiger charge is 2.35. The average Bonchev–Trinajstić information content (AvgIpc) is 2.71. The Balaban J connectivity index is 1.97. The third-order valence-corrected chi connectivity index (χ3v) is 5.04. The van der Waals surface area contributed by atoms with Crippen LogP contribution in [0.5, 0.6) is 0 Å². The van der Waals surface area contributed by atoms with Gasteiger partial charge in [0.05, 0.1) is 0 Å². The van der Waals surface area contributed by atoms with E-state index >= 15 is 0 Å². The quantitative estimate of drug-likeness (QED) is 0.795. The lowest BCUT2D eigenvalue weighted by atomic mass is 9.95. The van der Waals surface area contributed by atoms with Gasteiger partial charge in [0.1, 0.15) is 0 Å². The molecule has 100 valence electrons. The smallest absolute Gasteiger partial charge is 0.0181 e. The third-order valence-electron chi connectivity index (χ3n) is 5.04. The van der Waals surface area contributed by atoms with Crippen LogP contribution < -0.4 is 5.32 Å². The molecule has 2 nitrogen and oxygen atoms in total. The first kappa shape index (κ1) is 13.4. The first-order valence-electron chi connectivity index (χ1n) is 7.65. The molecule has 1 heterocycles. The van der Waals surface area contributed by atoms with Crippen LogP contribution in [-0.4, -0.2) is 35.6 Å². The van der Waals surface area contributed by atoms with Crippen molar-refractivity contribution in [2.45, 2.75) is 83.3 Å². The molecule has 1 aliphatic carbocycles. The fourth-order valence-electron chi connectivity index (χ4n) is 3.66. The lowest BCUT2D eigenvalue weighted by Gasteiger charge is -2.42. The molecule has 2 rings (SSSR count). The maximum Gasteiger partial charge on any atom is 0.0181 e. The van der Waals surface area contributed by atoms with Crippen molar-refractivity contribution >= 4 is 0 Å². The Bertz CT molecular complexity index is 233. The SMILES string of the molecule is CCC1CCN(C2(C)CCCC2)CCC(C)N1. The Kier molecular flexibility index (Phi) is 4.48. The van der Waals surface area contributed by atoms with Crippen molar-refractivity contribution in [1.82, 2.24) is 10.2 Å². The summed E-state index contributed by atoms with van der Waals surface area (Å²) in [5.74, 6) is 0. The second-order valence-corrected chi connectivity index (χ2v) is 6.44. The molecule has 1 aliphatic heterocycles. The van der Waals surface area contributed by atoms with Gasteiger partial charge < -0.3 is 5.32 Å². The molecule has 2 aliphatic rings. The first-order chi connectivity index (χ1) is 8.14. The van der Waals surface area contributed by atoms with Gasteiger partial charge >= 0.3 is 0 Å². The molecular weight excluding hydrogens is 208 g/mol. The Hall–Kier alpha value is -0.0800. The van der Waals surface area contributed by atoms with Crippen LogP contribution in [0, 0.1) is 0 Å². The van der Waals surface area contributed by atoms with E-state index in [-0.39, 0.29) is 0 Å². The number of nitrogens with one attached hydrogen (secondary N) is 1. The van der Waals surface area contributed by atoms with Crippen LogP contribution in [0.25, 0.3) is 0 Å². The Morgan fingerprint density at radius 1 is 1.18 bits per heavy atom. The van der Waals surface area contributed by atoms with Crippen LogP contribution in [0.1, 0.15) is 65.7 Å². The molecule has 2 unspecified atom stereocenters. The van der Waals surface area contributed by atoms with Crippen molar-refractivity contribution in [2.75, 3.05) is 13.1 Å². The first-order valence-corrected chi connectivity index (χ1v) is 7.65. The van der Waals surface area contributed by atoms with Gasteiger partial charge in [-0.05, 0) is 46.0 Å². The van der Waals surface area contributed by atoms with E-state index in [1.54, 1.807) is 0 Å². The van der Waals surface area contributed by atoms with Crippen molar-refractivity contribution in [3.8, 4) is 0 Å². The van der Waals surface area contributed by atoms with Crippen LogP contribution in [-0.2, 0) is 0 Å². The Morgan fingerprint density at radius 3 is 2.47 bits per heavy atom. The van der Waals surface area contributed by atoms with E-state index in [1.165, 1.54) is 58.0 Å². The van der Waals surface area contributed by atoms with Gasteiger partial charge in [-0.1, -0.05) is 19.8 Å². The number of hydrogen-bond donors (Lipinski definition) is 1. The minimum Gasteiger partial charge on any atom is -0.311 e. The van der Waals surface area contributed by atoms with Crippen LogP contribution in [0.15, 0.2) is 0 Å². The van der Waals surface area contributed by atoms with E-state index in [2.05, 4.69) is 31.0 Å². The molecule has 1 saturated heterocycles. The zero-order valence-electron chi connectivity index (χ0n) is 12.0. The highest BCUT2D eigenvalue weighted by atomic mass is 15.2. The molecule has 0 amide bonds. The zero-order chi connectivity index (χ0) is 12.3. The molecule has 1 N–H and O–H groups in total. The number of nitrogens with zero attached hydrogens (tertiary/aromatic N) is 1. The number of rotatable bonds is 2. The lowest BCUT2D eigenvalue weighted by Crippen LogP contribution is -2.51. The topological polar surface area (TPSA) is 15.3 Å². The van der Waals surface area contributed by atoms with E-state index < -0.39 is 0 Å². The van der Waals surface area contributed by atoms with Gasteiger partial charge in [0.15, 0.2) is 0 Å². The molecule has 0 spiro atoms. The molecule has 1 saturated carbocycles. The molecule has 0 bridgehead atoms. The van der Waals surface area contributed by atoms with Crippen LogP contribution in [0.4, 0.5) is 0 Å². The monoisotopic (exact) mass is 238 g/mol. The second kappa shape index (κ2) is 5.71. The molecule has 2 fully saturated rings. The summed E-state index contributed by atoms with van der Waals surface area (Å²) < 4.78 is 0. The summed E-state index contributed by atoms with van der Waals surface area (Å²) in [6.07, 6.45) is 9.64. The van der Waals surface area contributed by atoms with Crippen LogP contribution in [0.3, 0.4) is 0 Å². The fourth-order valence-corrected chi connectivity index (χ4v) is 3.66. The summed E-state index contributed by atoms with van der Waals surface area (Å²) in [6.45, 7) is 9.76. The molecule has 2 heteroatoms. The maximum absolute atomic E-state index is 3.77. The van der Waals surface area contributed by atoms with E-state index in [0.717, 1.165) is 6.04 Å². The van der Waals surface area contributed by atoms with Crippen molar-refractivity contribution in [1.29, 1.82) is 0 Å². The van der Waals surface area contributed by atoms with Gasteiger partial charge in [0.2, 0.25) is 0 Å². The van der Waals surface area contributed by atoms with E-state index in [9.17, 15) is 0 Å². The molecule has 17 heavy (non-hydrogen) atoms. The summed E-state index contributed by atoms with van der Waals surface area (Å²) in [5.41, 5.74) is 0.523. The molecule has 0 aromatic carbocycles. The van der Waals surface area contributed by atoms with Crippen molar-refractivity contribution in [2.24, 2.45) is 0 Å². The summed E-state index contributed by atoms with van der Waals surface area (Å²) >= 11 is 0. The summed E-state index contributed by atoms with van der Waals surface area (Å²) in [7, 11) is 0. The van der Waals surface area contributed by atoms with Gasteiger partial charge in [0, 0.05) is 30.7 Å². The maximum atomic E-state index is 3.77. The highest BCUT2D eigenvalue weighted by Crippen LogP contribution is 2.35. The van der Waals surface area contributed by atoms with Crippen molar-refractivity contribution < 1.29 is 0 Å². The average molecular weight is 238 g/mol. The lowest BCUT2D eigenvalue weighted by molar-refractivity contribution is 0.0870. The van der Waals surface area contributed by atoms with Gasteiger partial charge in [-0.3, -0.25) is 4.90 Å². The minimum absolute atomic E-state index is 0.523. The Morgan fingerprint density at radius 2 is 1.82 bits per heavy atom. The normalized spacial score (nSPS) is 35.5. The predicted molar refractivity (Wildman–Crippen MR) is 74.4 cm³/mol. The highest BCUT2D eigenvalue weighted by molar-refractivity contribution is 4.92. The fraction of sp³-hybridized carbons (Fsp3) is 1.00. The molecule has 0 aromatic heterocycles. The van der Waals surface area contributed by atoms with Crippen molar-refractivity contribution in [3.05, 3.63) is 0 Å². The summed E-state index contributed by atoms with van der Waals surface area (Å²) in [6, 6.07) is 1.42. The zero-order valence-corrected chi connectivity index (χ0v) is 12.0. The largest absolute Gasteiger partial charge is 0.311 e. The van der Waals surface area contributed by atoms with Gasteiger partial charge in [-0.25, -0.2) is 0 Å². The summed E-state index contributed by atoms with van der Waals surface area (Å²) in [5, 5.41) is 3.77. The van der Waals surface area contributed by atoms with E-state index in [0.29, 0.717) is 11.6 Å². The number of hydrogen-bond acceptors (Lipinski definition) is 2. The third kappa shape index (κ3) is 3.23. The van der Waals surface area contributed by atoms with Gasteiger partial charge in [0.25, 0.3) is 0 Å². The summed E-state index contributed by atoms with van der Waals surface area (Å²) in [4.78, 5) is 2.81. The van der Waals surface area contributed by atoms with Crippen LogP contribution >= 0.6 is 0 Å². The Labute approximate surface area is 107 Å². The standard InChI is InChI=1S/C15H30N2/c1-4-14-8-12-17(11-7-13(2)16-14)15(3)9-5-6-10-15/h13-14,16H,4-12H2,1-3H3. The van der Waals surface area contributed by atoms with E-state index in [4.69, 9.17) is 0 Å². The van der Waals surface area contributed by atoms with Gasteiger partial charge in [-0.2, -0.15) is 0 Å². The van der Waals surface area contributed by atoms with E-state index in [1.807, 2.05) is 0 Å². The molecule has 0 aromatic rings. The molecule has 2 atom stereocenters. The molecular formula is C15H30N2. The van der Waals surface area contributed by atoms with Crippen molar-refractivity contribution in [3.63, 3.8) is 0 Å². The molecule has 0 radical (unpaired) electrons. The minimum atomic E-state index is 0.523.